The summed E-state index contributed by atoms with van der Waals surface area (Å²) in [5.41, 5.74) is 0.380. The topological polar surface area (TPSA) is 26.3 Å². The SMILES string of the molecule is C=COC(=O)C(=C)C.Cl. The molecule has 0 spiro atoms. The lowest BCUT2D eigenvalue weighted by atomic mass is 10.4. The van der Waals surface area contributed by atoms with Crippen LogP contribution in [-0.4, -0.2) is 5.97 Å². The summed E-state index contributed by atoms with van der Waals surface area (Å²) < 4.78 is 4.33. The third-order valence-electron chi connectivity index (χ3n) is 0.539. The molecule has 0 aromatic heterocycles. The highest BCUT2D eigenvalue weighted by Crippen LogP contribution is 1.90. The van der Waals surface area contributed by atoms with E-state index in [-0.39, 0.29) is 12.4 Å². The molecule has 0 heterocycles. The summed E-state index contributed by atoms with van der Waals surface area (Å²) in [6.07, 6.45) is 1.08. The highest BCUT2D eigenvalue weighted by atomic mass is 35.5. The van der Waals surface area contributed by atoms with Crippen LogP contribution in [0.25, 0.3) is 0 Å². The van der Waals surface area contributed by atoms with E-state index in [1.165, 1.54) is 0 Å². The lowest BCUT2D eigenvalue weighted by Gasteiger charge is -1.92. The first-order valence-electron chi connectivity index (χ1n) is 2.16. The Bertz CT molecular complexity index is 129. The molecule has 0 radical (unpaired) electrons. The van der Waals surface area contributed by atoms with Crippen LogP contribution < -0.4 is 0 Å². The Morgan fingerprint density at radius 3 is 2.22 bits per heavy atom. The molecule has 0 aromatic rings. The van der Waals surface area contributed by atoms with Crippen LogP contribution in [0.15, 0.2) is 25.0 Å². The molecule has 0 N–H and O–H groups in total. The summed E-state index contributed by atoms with van der Waals surface area (Å²) in [4.78, 5) is 10.3. The van der Waals surface area contributed by atoms with E-state index < -0.39 is 5.97 Å². The van der Waals surface area contributed by atoms with Gasteiger partial charge in [0.15, 0.2) is 0 Å². The molecule has 52 valence electrons. The molecule has 0 aliphatic carbocycles. The van der Waals surface area contributed by atoms with E-state index >= 15 is 0 Å². The van der Waals surface area contributed by atoms with Gasteiger partial charge in [-0.25, -0.2) is 4.79 Å². The summed E-state index contributed by atoms with van der Waals surface area (Å²) in [7, 11) is 0. The summed E-state index contributed by atoms with van der Waals surface area (Å²) in [6, 6.07) is 0. The van der Waals surface area contributed by atoms with Crippen LogP contribution in [-0.2, 0) is 9.53 Å². The molecule has 0 aliphatic heterocycles. The Kier molecular flexibility index (Phi) is 6.63. The van der Waals surface area contributed by atoms with Crippen molar-refractivity contribution in [3.05, 3.63) is 25.0 Å². The maximum Gasteiger partial charge on any atom is 0.337 e. The molecule has 0 atom stereocenters. The molecule has 0 saturated heterocycles. The fourth-order valence-electron chi connectivity index (χ4n) is 0.176. The molecule has 0 rings (SSSR count). The zero-order valence-electron chi connectivity index (χ0n) is 5.22. The second-order valence-corrected chi connectivity index (χ2v) is 1.35. The predicted octanol–water partition coefficient (Wildman–Crippen LogP) is 1.67. The summed E-state index contributed by atoms with van der Waals surface area (Å²) >= 11 is 0. The third kappa shape index (κ3) is 5.11. The van der Waals surface area contributed by atoms with E-state index in [2.05, 4.69) is 17.9 Å². The quantitative estimate of drug-likeness (QED) is 0.338. The molecular formula is C6H9ClO2. The van der Waals surface area contributed by atoms with Crippen molar-refractivity contribution >= 4 is 18.4 Å². The maximum atomic E-state index is 10.3. The lowest BCUT2D eigenvalue weighted by Crippen LogP contribution is -1.98. The fourth-order valence-corrected chi connectivity index (χ4v) is 0.176. The van der Waals surface area contributed by atoms with E-state index in [0.29, 0.717) is 5.57 Å². The number of halogens is 1. The van der Waals surface area contributed by atoms with Crippen LogP contribution in [0, 0.1) is 0 Å². The normalized spacial score (nSPS) is 6.78. The standard InChI is InChI=1S/C6H8O2.ClH/c1-4-8-6(7)5(2)3;/h4H,1-2H2,3H3;1H. The minimum atomic E-state index is -0.431. The molecule has 3 heteroatoms. The van der Waals surface area contributed by atoms with E-state index in [9.17, 15) is 4.79 Å². The maximum absolute atomic E-state index is 10.3. The molecular weight excluding hydrogens is 140 g/mol. The Balaban J connectivity index is 0. The Morgan fingerprint density at radius 1 is 1.67 bits per heavy atom. The van der Waals surface area contributed by atoms with Crippen LogP contribution >= 0.6 is 12.4 Å². The molecule has 0 unspecified atom stereocenters. The van der Waals surface area contributed by atoms with E-state index in [1.54, 1.807) is 6.92 Å². The average Bonchev–Trinajstić information content (AvgIpc) is 1.67. The van der Waals surface area contributed by atoms with Crippen molar-refractivity contribution in [1.29, 1.82) is 0 Å². The third-order valence-corrected chi connectivity index (χ3v) is 0.539. The molecule has 0 fully saturated rings. The lowest BCUT2D eigenvalue weighted by molar-refractivity contribution is -0.133. The first-order valence-corrected chi connectivity index (χ1v) is 2.16. The van der Waals surface area contributed by atoms with Crippen molar-refractivity contribution in [1.82, 2.24) is 0 Å². The van der Waals surface area contributed by atoms with Crippen LogP contribution in [0.4, 0.5) is 0 Å². The minimum absolute atomic E-state index is 0. The van der Waals surface area contributed by atoms with Gasteiger partial charge in [0.25, 0.3) is 0 Å². The van der Waals surface area contributed by atoms with Crippen LogP contribution in [0.1, 0.15) is 6.92 Å². The van der Waals surface area contributed by atoms with Crippen molar-refractivity contribution in [2.24, 2.45) is 0 Å². The highest BCUT2D eigenvalue weighted by molar-refractivity contribution is 5.87. The van der Waals surface area contributed by atoms with E-state index in [0.717, 1.165) is 6.26 Å². The van der Waals surface area contributed by atoms with Crippen molar-refractivity contribution < 1.29 is 9.53 Å². The smallest absolute Gasteiger partial charge is 0.337 e. The molecule has 0 saturated carbocycles. The molecule has 0 aromatic carbocycles. The molecule has 0 aliphatic rings. The molecule has 0 bridgehead atoms. The molecule has 0 amide bonds. The molecule has 9 heavy (non-hydrogen) atoms. The first kappa shape index (κ1) is 11.1. The van der Waals surface area contributed by atoms with Gasteiger partial charge in [0.1, 0.15) is 0 Å². The van der Waals surface area contributed by atoms with Gasteiger partial charge in [-0.1, -0.05) is 13.2 Å². The molecule has 2 nitrogen and oxygen atoms in total. The minimum Gasteiger partial charge on any atom is -0.432 e. The number of rotatable bonds is 2. The second kappa shape index (κ2) is 5.38. The largest absolute Gasteiger partial charge is 0.432 e. The van der Waals surface area contributed by atoms with Crippen LogP contribution in [0.5, 0.6) is 0 Å². The number of ether oxygens (including phenoxy) is 1. The summed E-state index contributed by atoms with van der Waals surface area (Å²) in [5.74, 6) is -0.431. The summed E-state index contributed by atoms with van der Waals surface area (Å²) in [6.45, 7) is 8.13. The number of carbonyl (C=O) groups is 1. The van der Waals surface area contributed by atoms with Gasteiger partial charge in [-0.2, -0.15) is 0 Å². The van der Waals surface area contributed by atoms with E-state index in [4.69, 9.17) is 0 Å². The Hall–Kier alpha value is -0.760. The average molecular weight is 149 g/mol. The second-order valence-electron chi connectivity index (χ2n) is 1.35. The van der Waals surface area contributed by atoms with Crippen LogP contribution in [0.2, 0.25) is 0 Å². The Labute approximate surface area is 60.6 Å². The van der Waals surface area contributed by atoms with Gasteiger partial charge < -0.3 is 4.74 Å². The van der Waals surface area contributed by atoms with Crippen LogP contribution in [0.3, 0.4) is 0 Å². The van der Waals surface area contributed by atoms with Gasteiger partial charge in [-0.15, -0.1) is 12.4 Å². The van der Waals surface area contributed by atoms with Gasteiger partial charge in [-0.3, -0.25) is 0 Å². The first-order chi connectivity index (χ1) is 3.68. The van der Waals surface area contributed by atoms with Gasteiger partial charge in [0.05, 0.1) is 6.26 Å². The van der Waals surface area contributed by atoms with Gasteiger partial charge >= 0.3 is 5.97 Å². The number of esters is 1. The number of hydrogen-bond donors (Lipinski definition) is 0. The van der Waals surface area contributed by atoms with Gasteiger partial charge in [0, 0.05) is 5.57 Å². The number of hydrogen-bond acceptors (Lipinski definition) is 2. The monoisotopic (exact) mass is 148 g/mol. The van der Waals surface area contributed by atoms with Crippen molar-refractivity contribution in [2.45, 2.75) is 6.92 Å². The van der Waals surface area contributed by atoms with Gasteiger partial charge in [0.2, 0.25) is 0 Å². The predicted molar refractivity (Wildman–Crippen MR) is 38.4 cm³/mol. The fraction of sp³-hybridized carbons (Fsp3) is 0.167. The zero-order valence-corrected chi connectivity index (χ0v) is 6.03. The van der Waals surface area contributed by atoms with Crippen molar-refractivity contribution in [2.75, 3.05) is 0 Å². The van der Waals surface area contributed by atoms with Crippen molar-refractivity contribution in [3.63, 3.8) is 0 Å². The van der Waals surface area contributed by atoms with Gasteiger partial charge in [-0.05, 0) is 6.92 Å². The van der Waals surface area contributed by atoms with Crippen molar-refractivity contribution in [3.8, 4) is 0 Å². The van der Waals surface area contributed by atoms with E-state index in [1.807, 2.05) is 0 Å². The highest BCUT2D eigenvalue weighted by Gasteiger charge is 1.97. The zero-order chi connectivity index (χ0) is 6.57. The number of carbonyl (C=O) groups excluding carboxylic acids is 1. The summed E-state index contributed by atoms with van der Waals surface area (Å²) in [5, 5.41) is 0. The Morgan fingerprint density at radius 2 is 2.11 bits per heavy atom.